The van der Waals surface area contributed by atoms with Crippen molar-refractivity contribution in [1.29, 1.82) is 0 Å². The van der Waals surface area contributed by atoms with Crippen LogP contribution in [0.5, 0.6) is 0 Å². The minimum absolute atomic E-state index is 0.164. The summed E-state index contributed by atoms with van der Waals surface area (Å²) in [5.41, 5.74) is 0. The van der Waals surface area contributed by atoms with E-state index in [-0.39, 0.29) is 6.10 Å². The van der Waals surface area contributed by atoms with Crippen LogP contribution in [0.25, 0.3) is 0 Å². The van der Waals surface area contributed by atoms with Gasteiger partial charge in [-0.15, -0.1) is 0 Å². The number of aliphatic hydroxyl groups excluding tert-OH is 1. The Hall–Kier alpha value is -0.120. The number of likely N-dealkylation sites (tertiary alicyclic amines) is 1. The predicted molar refractivity (Wildman–Crippen MR) is 69.1 cm³/mol. The van der Waals surface area contributed by atoms with Crippen molar-refractivity contribution in [2.75, 3.05) is 13.7 Å². The van der Waals surface area contributed by atoms with Crippen molar-refractivity contribution in [2.24, 2.45) is 0 Å². The Labute approximate surface area is 105 Å². The monoisotopic (exact) mass is 241 g/mol. The van der Waals surface area contributed by atoms with Gasteiger partial charge in [-0.3, -0.25) is 4.90 Å². The lowest BCUT2D eigenvalue weighted by Crippen LogP contribution is -2.44. The maximum Gasteiger partial charge on any atom is 0.0586 e. The molecule has 3 heteroatoms. The van der Waals surface area contributed by atoms with Gasteiger partial charge < -0.3 is 9.84 Å². The van der Waals surface area contributed by atoms with E-state index in [1.165, 1.54) is 45.1 Å². The minimum atomic E-state index is -0.164. The Morgan fingerprint density at radius 3 is 2.82 bits per heavy atom. The summed E-state index contributed by atoms with van der Waals surface area (Å²) >= 11 is 0. The number of hydrogen-bond donors (Lipinski definition) is 1. The van der Waals surface area contributed by atoms with Gasteiger partial charge in [-0.1, -0.05) is 0 Å². The summed E-state index contributed by atoms with van der Waals surface area (Å²) in [6, 6.07) is 1.30. The highest BCUT2D eigenvalue weighted by Crippen LogP contribution is 2.31. The van der Waals surface area contributed by atoms with E-state index in [1.807, 2.05) is 14.0 Å². The van der Waals surface area contributed by atoms with Crippen molar-refractivity contribution in [3.8, 4) is 0 Å². The number of methoxy groups -OCH3 is 1. The summed E-state index contributed by atoms with van der Waals surface area (Å²) in [5, 5.41) is 9.58. The zero-order valence-corrected chi connectivity index (χ0v) is 11.3. The maximum absolute atomic E-state index is 9.58. The quantitative estimate of drug-likeness (QED) is 0.819. The van der Waals surface area contributed by atoms with Crippen LogP contribution in [-0.2, 0) is 4.74 Å². The third-order valence-electron chi connectivity index (χ3n) is 4.44. The molecule has 0 amide bonds. The van der Waals surface area contributed by atoms with E-state index in [0.717, 1.165) is 6.42 Å². The average molecular weight is 241 g/mol. The smallest absolute Gasteiger partial charge is 0.0586 e. The van der Waals surface area contributed by atoms with Gasteiger partial charge in [0.15, 0.2) is 0 Å². The van der Waals surface area contributed by atoms with Gasteiger partial charge in [0.25, 0.3) is 0 Å². The van der Waals surface area contributed by atoms with Gasteiger partial charge in [0.05, 0.1) is 12.2 Å². The van der Waals surface area contributed by atoms with Crippen LogP contribution in [0.15, 0.2) is 0 Å². The van der Waals surface area contributed by atoms with E-state index >= 15 is 0 Å². The third kappa shape index (κ3) is 3.43. The molecular formula is C14H27NO2. The zero-order chi connectivity index (χ0) is 12.3. The first-order valence-electron chi connectivity index (χ1n) is 7.17. The van der Waals surface area contributed by atoms with Crippen LogP contribution in [0.1, 0.15) is 51.9 Å². The number of hydrogen-bond acceptors (Lipinski definition) is 3. The molecule has 0 radical (unpaired) electrons. The van der Waals surface area contributed by atoms with E-state index in [0.29, 0.717) is 18.2 Å². The van der Waals surface area contributed by atoms with E-state index < -0.39 is 0 Å². The Morgan fingerprint density at radius 2 is 2.12 bits per heavy atom. The molecule has 1 heterocycles. The molecule has 4 atom stereocenters. The van der Waals surface area contributed by atoms with Crippen molar-refractivity contribution in [1.82, 2.24) is 4.90 Å². The summed E-state index contributed by atoms with van der Waals surface area (Å²) in [4.78, 5) is 2.65. The summed E-state index contributed by atoms with van der Waals surface area (Å²) in [7, 11) is 1.84. The highest BCUT2D eigenvalue weighted by Gasteiger charge is 2.34. The minimum Gasteiger partial charge on any atom is -0.393 e. The van der Waals surface area contributed by atoms with Crippen molar-refractivity contribution < 1.29 is 9.84 Å². The maximum atomic E-state index is 9.58. The molecule has 1 N–H and O–H groups in total. The molecule has 0 aromatic carbocycles. The molecule has 3 nitrogen and oxygen atoms in total. The van der Waals surface area contributed by atoms with Crippen molar-refractivity contribution >= 4 is 0 Å². The third-order valence-corrected chi connectivity index (χ3v) is 4.44. The van der Waals surface area contributed by atoms with Gasteiger partial charge in [0, 0.05) is 19.2 Å². The first-order chi connectivity index (χ1) is 8.20. The largest absolute Gasteiger partial charge is 0.393 e. The molecular weight excluding hydrogens is 214 g/mol. The summed E-state index contributed by atoms with van der Waals surface area (Å²) in [5.74, 6) is 0. The van der Waals surface area contributed by atoms with Gasteiger partial charge in [-0.25, -0.2) is 0 Å². The van der Waals surface area contributed by atoms with E-state index in [1.54, 1.807) is 0 Å². The average Bonchev–Trinajstić information content (AvgIpc) is 2.76. The molecule has 1 aliphatic heterocycles. The molecule has 2 rings (SSSR count). The van der Waals surface area contributed by atoms with Gasteiger partial charge in [0.1, 0.15) is 0 Å². The van der Waals surface area contributed by atoms with Crippen LogP contribution in [0, 0.1) is 0 Å². The fraction of sp³-hybridized carbons (Fsp3) is 1.00. The lowest BCUT2D eigenvalue weighted by molar-refractivity contribution is 0.0179. The fourth-order valence-electron chi connectivity index (χ4n) is 3.62. The normalized spacial score (nSPS) is 37.2. The first-order valence-corrected chi connectivity index (χ1v) is 7.17. The lowest BCUT2D eigenvalue weighted by atomic mass is 9.91. The molecule has 0 bridgehead atoms. The molecule has 0 spiro atoms. The van der Waals surface area contributed by atoms with Crippen LogP contribution in [0.3, 0.4) is 0 Å². The molecule has 2 fully saturated rings. The SMILES string of the molecule is COC1CCCC(N2CCCC2CC(C)O)C1. The van der Waals surface area contributed by atoms with E-state index in [4.69, 9.17) is 4.74 Å². The van der Waals surface area contributed by atoms with Crippen LogP contribution < -0.4 is 0 Å². The molecule has 17 heavy (non-hydrogen) atoms. The number of ether oxygens (including phenoxy) is 1. The topological polar surface area (TPSA) is 32.7 Å². The van der Waals surface area contributed by atoms with Gasteiger partial charge in [-0.2, -0.15) is 0 Å². The standard InChI is InChI=1S/C14H27NO2/c1-11(16)9-12-6-4-8-15(12)13-5-3-7-14(10-13)17-2/h11-14,16H,3-10H2,1-2H3. The second kappa shape index (κ2) is 6.17. The molecule has 0 aromatic heterocycles. The Bertz CT molecular complexity index is 232. The second-order valence-electron chi connectivity index (χ2n) is 5.80. The van der Waals surface area contributed by atoms with Crippen molar-refractivity contribution in [3.05, 3.63) is 0 Å². The zero-order valence-electron chi connectivity index (χ0n) is 11.3. The van der Waals surface area contributed by atoms with E-state index in [2.05, 4.69) is 4.90 Å². The van der Waals surface area contributed by atoms with Crippen LogP contribution in [0.4, 0.5) is 0 Å². The lowest BCUT2D eigenvalue weighted by Gasteiger charge is -2.38. The van der Waals surface area contributed by atoms with E-state index in [9.17, 15) is 5.11 Å². The Morgan fingerprint density at radius 1 is 1.29 bits per heavy atom. The molecule has 2 aliphatic rings. The Kier molecular flexibility index (Phi) is 4.83. The number of rotatable bonds is 4. The molecule has 100 valence electrons. The first kappa shape index (κ1) is 13.3. The second-order valence-corrected chi connectivity index (χ2v) is 5.80. The van der Waals surface area contributed by atoms with Crippen molar-refractivity contribution in [2.45, 2.75) is 76.2 Å². The highest BCUT2D eigenvalue weighted by molar-refractivity contribution is 4.89. The van der Waals surface area contributed by atoms with Crippen LogP contribution in [-0.4, -0.2) is 48.0 Å². The van der Waals surface area contributed by atoms with Gasteiger partial charge in [-0.05, 0) is 58.4 Å². The number of aliphatic hydroxyl groups is 1. The summed E-state index contributed by atoms with van der Waals surface area (Å²) in [6.45, 7) is 3.13. The summed E-state index contributed by atoms with van der Waals surface area (Å²) < 4.78 is 5.52. The highest BCUT2D eigenvalue weighted by atomic mass is 16.5. The predicted octanol–water partition coefficient (Wildman–Crippen LogP) is 2.18. The molecule has 1 saturated carbocycles. The molecule has 4 unspecified atom stereocenters. The molecule has 0 aromatic rings. The molecule has 1 aliphatic carbocycles. The fourth-order valence-corrected chi connectivity index (χ4v) is 3.62. The number of nitrogens with zero attached hydrogens (tertiary/aromatic N) is 1. The van der Waals surface area contributed by atoms with Gasteiger partial charge in [0.2, 0.25) is 0 Å². The molecule has 1 saturated heterocycles. The van der Waals surface area contributed by atoms with Crippen LogP contribution >= 0.6 is 0 Å². The Balaban J connectivity index is 1.90. The van der Waals surface area contributed by atoms with Crippen molar-refractivity contribution in [3.63, 3.8) is 0 Å². The van der Waals surface area contributed by atoms with Crippen LogP contribution in [0.2, 0.25) is 0 Å². The van der Waals surface area contributed by atoms with Gasteiger partial charge >= 0.3 is 0 Å². The summed E-state index contributed by atoms with van der Waals surface area (Å²) in [6.07, 6.45) is 8.81.